The lowest BCUT2D eigenvalue weighted by molar-refractivity contribution is 0.0750. The number of benzene rings is 2. The molecule has 2 atom stereocenters. The van der Waals surface area contributed by atoms with E-state index in [1.165, 1.54) is 0 Å². The van der Waals surface area contributed by atoms with E-state index in [2.05, 4.69) is 38.3 Å². The number of pyridine rings is 1. The number of aromatic nitrogens is 3. The smallest absolute Gasteiger partial charge is 0.258 e. The number of hydrogen-bond acceptors (Lipinski definition) is 6. The van der Waals surface area contributed by atoms with Crippen molar-refractivity contribution >= 4 is 0 Å². The van der Waals surface area contributed by atoms with E-state index in [9.17, 15) is 0 Å². The van der Waals surface area contributed by atoms with Crippen LogP contribution < -0.4 is 5.32 Å². The minimum atomic E-state index is -0.375. The van der Waals surface area contributed by atoms with E-state index in [0.29, 0.717) is 18.4 Å². The predicted molar refractivity (Wildman–Crippen MR) is 111 cm³/mol. The minimum Gasteiger partial charge on any atom is -0.351 e. The van der Waals surface area contributed by atoms with Crippen molar-refractivity contribution in [2.45, 2.75) is 12.1 Å². The number of ether oxygens (including phenoxy) is 1. The quantitative estimate of drug-likeness (QED) is 0.532. The fourth-order valence-corrected chi connectivity index (χ4v) is 3.38. The molecule has 2 aromatic heterocycles. The summed E-state index contributed by atoms with van der Waals surface area (Å²) in [4.78, 5) is 8.63. The van der Waals surface area contributed by atoms with Crippen molar-refractivity contribution in [3.63, 3.8) is 0 Å². The molecule has 0 aliphatic carbocycles. The summed E-state index contributed by atoms with van der Waals surface area (Å²) in [6.45, 7) is 0.403. The number of rotatable bonds is 3. The standard InChI is InChI=1S/C24H18N4O2/c1-2-6-17(7-3-1)11-12-18-8-4-9-19(14-18)21-22(29-16-26-21)24-27-23(28-30-24)20-10-5-13-25-15-20/h1-10,13-15,21-22,26H,16H2. The first-order valence-corrected chi connectivity index (χ1v) is 9.63. The van der Waals surface area contributed by atoms with Crippen LogP contribution in [0.3, 0.4) is 0 Å². The molecule has 0 bridgehead atoms. The topological polar surface area (TPSA) is 73.1 Å². The maximum atomic E-state index is 5.87. The summed E-state index contributed by atoms with van der Waals surface area (Å²) in [7, 11) is 0. The number of nitrogens with zero attached hydrogens (tertiary/aromatic N) is 3. The van der Waals surface area contributed by atoms with Crippen LogP contribution >= 0.6 is 0 Å². The highest BCUT2D eigenvalue weighted by Crippen LogP contribution is 2.35. The molecule has 1 aliphatic rings. The predicted octanol–water partition coefficient (Wildman–Crippen LogP) is 3.89. The van der Waals surface area contributed by atoms with Gasteiger partial charge in [-0.1, -0.05) is 47.3 Å². The zero-order chi connectivity index (χ0) is 20.2. The lowest BCUT2D eigenvalue weighted by Gasteiger charge is -2.15. The Balaban J connectivity index is 1.39. The highest BCUT2D eigenvalue weighted by molar-refractivity contribution is 5.52. The first-order chi connectivity index (χ1) is 14.9. The van der Waals surface area contributed by atoms with E-state index < -0.39 is 0 Å². The third-order valence-corrected chi connectivity index (χ3v) is 4.84. The molecule has 2 unspecified atom stereocenters. The second-order valence-corrected chi connectivity index (χ2v) is 6.85. The molecule has 1 aliphatic heterocycles. The molecule has 30 heavy (non-hydrogen) atoms. The molecule has 5 rings (SSSR count). The molecular formula is C24H18N4O2. The van der Waals surface area contributed by atoms with E-state index in [4.69, 9.17) is 9.26 Å². The van der Waals surface area contributed by atoms with Crippen LogP contribution in [0.15, 0.2) is 83.6 Å². The van der Waals surface area contributed by atoms with Crippen LogP contribution in [0.4, 0.5) is 0 Å². The van der Waals surface area contributed by atoms with Gasteiger partial charge in [-0.2, -0.15) is 4.98 Å². The van der Waals surface area contributed by atoms with Gasteiger partial charge in [0.25, 0.3) is 5.89 Å². The molecule has 1 N–H and O–H groups in total. The van der Waals surface area contributed by atoms with Gasteiger partial charge in [0, 0.05) is 29.1 Å². The third-order valence-electron chi connectivity index (χ3n) is 4.84. The summed E-state index contributed by atoms with van der Waals surface area (Å²) in [5.41, 5.74) is 3.77. The largest absolute Gasteiger partial charge is 0.351 e. The lowest BCUT2D eigenvalue weighted by atomic mass is 10.00. The third kappa shape index (κ3) is 3.85. The van der Waals surface area contributed by atoms with Crippen LogP contribution in [0, 0.1) is 11.8 Å². The second-order valence-electron chi connectivity index (χ2n) is 6.85. The van der Waals surface area contributed by atoms with Crippen LogP contribution in [0.1, 0.15) is 34.7 Å². The van der Waals surface area contributed by atoms with Gasteiger partial charge in [-0.05, 0) is 42.0 Å². The maximum Gasteiger partial charge on any atom is 0.258 e. The molecular weight excluding hydrogens is 376 g/mol. The van der Waals surface area contributed by atoms with Crippen molar-refractivity contribution in [2.75, 3.05) is 6.73 Å². The molecule has 2 aromatic carbocycles. The Kier molecular flexibility index (Phi) is 5.05. The Labute approximate surface area is 173 Å². The Morgan fingerprint density at radius 1 is 0.933 bits per heavy atom. The second kappa shape index (κ2) is 8.29. The molecule has 3 heterocycles. The minimum absolute atomic E-state index is 0.106. The maximum absolute atomic E-state index is 5.87. The first-order valence-electron chi connectivity index (χ1n) is 9.63. The molecule has 0 amide bonds. The SMILES string of the molecule is C(#Cc1cccc(C2NCOC2c2nc(-c3cccnc3)no2)c1)c1ccccc1. The molecule has 1 saturated heterocycles. The molecule has 1 fully saturated rings. The van der Waals surface area contributed by atoms with Gasteiger partial charge in [0.15, 0.2) is 6.10 Å². The van der Waals surface area contributed by atoms with Crippen LogP contribution in [0.5, 0.6) is 0 Å². The zero-order valence-corrected chi connectivity index (χ0v) is 16.0. The van der Waals surface area contributed by atoms with Crippen LogP contribution in [-0.4, -0.2) is 21.9 Å². The fraction of sp³-hybridized carbons (Fsp3) is 0.125. The molecule has 0 saturated carbocycles. The molecule has 4 aromatic rings. The van der Waals surface area contributed by atoms with Crippen molar-refractivity contribution in [1.82, 2.24) is 20.4 Å². The monoisotopic (exact) mass is 394 g/mol. The summed E-state index contributed by atoms with van der Waals surface area (Å²) in [5.74, 6) is 7.35. The molecule has 146 valence electrons. The summed E-state index contributed by atoms with van der Waals surface area (Å²) >= 11 is 0. The number of nitrogens with one attached hydrogen (secondary N) is 1. The average molecular weight is 394 g/mol. The van der Waals surface area contributed by atoms with Gasteiger partial charge in [0.2, 0.25) is 5.82 Å². The van der Waals surface area contributed by atoms with Crippen molar-refractivity contribution in [2.24, 2.45) is 0 Å². The van der Waals surface area contributed by atoms with Gasteiger partial charge in [-0.3, -0.25) is 10.3 Å². The van der Waals surface area contributed by atoms with E-state index in [0.717, 1.165) is 22.3 Å². The molecule has 6 nitrogen and oxygen atoms in total. The van der Waals surface area contributed by atoms with E-state index in [1.807, 2.05) is 60.7 Å². The van der Waals surface area contributed by atoms with Gasteiger partial charge in [-0.15, -0.1) is 0 Å². The van der Waals surface area contributed by atoms with Crippen LogP contribution in [0.25, 0.3) is 11.4 Å². The van der Waals surface area contributed by atoms with Crippen molar-refractivity contribution in [1.29, 1.82) is 0 Å². The van der Waals surface area contributed by atoms with Crippen LogP contribution in [-0.2, 0) is 4.74 Å². The normalized spacial score (nSPS) is 18.0. The van der Waals surface area contributed by atoms with Gasteiger partial charge < -0.3 is 9.26 Å². The van der Waals surface area contributed by atoms with Crippen LogP contribution in [0.2, 0.25) is 0 Å². The highest BCUT2D eigenvalue weighted by Gasteiger charge is 2.35. The van der Waals surface area contributed by atoms with Gasteiger partial charge in [-0.25, -0.2) is 0 Å². The summed E-state index contributed by atoms with van der Waals surface area (Å²) in [5, 5.41) is 7.44. The zero-order valence-electron chi connectivity index (χ0n) is 16.0. The summed E-state index contributed by atoms with van der Waals surface area (Å²) < 4.78 is 11.4. The fourth-order valence-electron chi connectivity index (χ4n) is 3.38. The first kappa shape index (κ1) is 18.3. The Bertz CT molecular complexity index is 1200. The summed E-state index contributed by atoms with van der Waals surface area (Å²) in [6, 6.07) is 21.7. The molecule has 0 radical (unpaired) electrons. The summed E-state index contributed by atoms with van der Waals surface area (Å²) in [6.07, 6.45) is 3.03. The van der Waals surface area contributed by atoms with Gasteiger partial charge >= 0.3 is 0 Å². The lowest BCUT2D eigenvalue weighted by Crippen LogP contribution is -2.17. The van der Waals surface area contributed by atoms with Crippen molar-refractivity contribution < 1.29 is 9.26 Å². The molecule has 6 heteroatoms. The highest BCUT2D eigenvalue weighted by atomic mass is 16.5. The Hall–Kier alpha value is -3.79. The van der Waals surface area contributed by atoms with Gasteiger partial charge in [0.05, 0.1) is 12.8 Å². The number of hydrogen-bond donors (Lipinski definition) is 1. The molecule has 0 spiro atoms. The van der Waals surface area contributed by atoms with E-state index in [1.54, 1.807) is 12.4 Å². The Morgan fingerprint density at radius 3 is 2.67 bits per heavy atom. The van der Waals surface area contributed by atoms with Gasteiger partial charge in [0.1, 0.15) is 0 Å². The van der Waals surface area contributed by atoms with Crippen molar-refractivity contribution in [3.8, 4) is 23.2 Å². The van der Waals surface area contributed by atoms with E-state index in [-0.39, 0.29) is 12.1 Å². The van der Waals surface area contributed by atoms with E-state index >= 15 is 0 Å². The Morgan fingerprint density at radius 2 is 1.80 bits per heavy atom. The average Bonchev–Trinajstić information content (AvgIpc) is 3.49. The van der Waals surface area contributed by atoms with Crippen molar-refractivity contribution in [3.05, 3.63) is 102 Å².